The molecule has 0 radical (unpaired) electrons. The Morgan fingerprint density at radius 3 is 2.25 bits per heavy atom. The maximum atomic E-state index is 4.01. The molecule has 1 atom stereocenters. The van der Waals surface area contributed by atoms with Crippen molar-refractivity contribution in [2.24, 2.45) is 5.92 Å². The number of nitrogens with zero attached hydrogens (tertiary/aromatic N) is 1. The Bertz CT molecular complexity index is 216. The van der Waals surface area contributed by atoms with Crippen LogP contribution in [0, 0.1) is 5.92 Å². The predicted molar refractivity (Wildman–Crippen MR) is 52.1 cm³/mol. The largest absolute Gasteiger partial charge is 0.265 e. The van der Waals surface area contributed by atoms with Crippen LogP contribution >= 0.6 is 0 Å². The van der Waals surface area contributed by atoms with Gasteiger partial charge in [-0.1, -0.05) is 20.8 Å². The van der Waals surface area contributed by atoms with Crippen molar-refractivity contribution in [3.63, 3.8) is 0 Å². The van der Waals surface area contributed by atoms with Crippen molar-refractivity contribution in [1.82, 2.24) is 4.98 Å². The molecule has 1 nitrogen and oxygen atoms in total. The van der Waals surface area contributed by atoms with E-state index in [0.717, 1.165) is 5.92 Å². The van der Waals surface area contributed by atoms with Crippen molar-refractivity contribution < 1.29 is 0 Å². The number of hydrogen-bond donors (Lipinski definition) is 0. The van der Waals surface area contributed by atoms with Crippen LogP contribution in [0.15, 0.2) is 24.5 Å². The Kier molecular flexibility index (Phi) is 3.27. The van der Waals surface area contributed by atoms with Gasteiger partial charge in [-0.3, -0.25) is 4.98 Å². The summed E-state index contributed by atoms with van der Waals surface area (Å²) >= 11 is 0. The number of rotatable bonds is 3. The van der Waals surface area contributed by atoms with E-state index < -0.39 is 0 Å². The molecule has 0 aliphatic rings. The zero-order chi connectivity index (χ0) is 8.97. The van der Waals surface area contributed by atoms with Gasteiger partial charge in [0.2, 0.25) is 0 Å². The first-order valence-electron chi connectivity index (χ1n) is 4.60. The summed E-state index contributed by atoms with van der Waals surface area (Å²) in [6, 6.07) is 4.21. The molecule has 0 bridgehead atoms. The van der Waals surface area contributed by atoms with Crippen molar-refractivity contribution in [1.29, 1.82) is 0 Å². The number of hydrogen-bond acceptors (Lipinski definition) is 1. The third kappa shape index (κ3) is 2.65. The maximum Gasteiger partial charge on any atom is 0.0270 e. The summed E-state index contributed by atoms with van der Waals surface area (Å²) in [5.74, 6) is 1.43. The zero-order valence-electron chi connectivity index (χ0n) is 8.12. The molecule has 0 aliphatic carbocycles. The number of aromatic nitrogens is 1. The quantitative estimate of drug-likeness (QED) is 0.666. The highest BCUT2D eigenvalue weighted by atomic mass is 14.6. The molecule has 66 valence electrons. The van der Waals surface area contributed by atoms with Gasteiger partial charge < -0.3 is 0 Å². The van der Waals surface area contributed by atoms with Gasteiger partial charge >= 0.3 is 0 Å². The normalized spacial score (nSPS) is 13.3. The smallest absolute Gasteiger partial charge is 0.0270 e. The van der Waals surface area contributed by atoms with Gasteiger partial charge in [0.05, 0.1) is 0 Å². The summed E-state index contributed by atoms with van der Waals surface area (Å²) in [5.41, 5.74) is 1.40. The van der Waals surface area contributed by atoms with Crippen LogP contribution in [0.5, 0.6) is 0 Å². The van der Waals surface area contributed by atoms with E-state index in [9.17, 15) is 0 Å². The average Bonchev–Trinajstić information content (AvgIpc) is 2.05. The van der Waals surface area contributed by atoms with Crippen LogP contribution in [0.1, 0.15) is 38.7 Å². The summed E-state index contributed by atoms with van der Waals surface area (Å²) in [6.07, 6.45) is 4.99. The van der Waals surface area contributed by atoms with Crippen molar-refractivity contribution in [2.45, 2.75) is 33.1 Å². The molecular formula is C11H17N. The highest BCUT2D eigenvalue weighted by Crippen LogP contribution is 2.21. The third-order valence-corrected chi connectivity index (χ3v) is 2.10. The first-order valence-corrected chi connectivity index (χ1v) is 4.60. The molecule has 0 aliphatic heterocycles. The van der Waals surface area contributed by atoms with Gasteiger partial charge in [0.15, 0.2) is 0 Å². The highest BCUT2D eigenvalue weighted by Gasteiger charge is 2.06. The Morgan fingerprint density at radius 2 is 1.75 bits per heavy atom. The van der Waals surface area contributed by atoms with Gasteiger partial charge in [0, 0.05) is 12.4 Å². The minimum Gasteiger partial charge on any atom is -0.265 e. The van der Waals surface area contributed by atoms with Crippen molar-refractivity contribution in [3.05, 3.63) is 30.1 Å². The second-order valence-electron chi connectivity index (χ2n) is 3.81. The molecular weight excluding hydrogens is 146 g/mol. The lowest BCUT2D eigenvalue weighted by Crippen LogP contribution is -1.98. The van der Waals surface area contributed by atoms with Crippen molar-refractivity contribution in [3.8, 4) is 0 Å². The molecule has 12 heavy (non-hydrogen) atoms. The molecule has 1 heteroatoms. The summed E-state index contributed by atoms with van der Waals surface area (Å²) in [7, 11) is 0. The van der Waals surface area contributed by atoms with Crippen LogP contribution in [-0.2, 0) is 0 Å². The Balaban J connectivity index is 2.59. The summed E-state index contributed by atoms with van der Waals surface area (Å²) in [5, 5.41) is 0. The lowest BCUT2D eigenvalue weighted by molar-refractivity contribution is 0.523. The third-order valence-electron chi connectivity index (χ3n) is 2.10. The summed E-state index contributed by atoms with van der Waals surface area (Å²) in [6.45, 7) is 6.80. The molecule has 0 unspecified atom stereocenters. The van der Waals surface area contributed by atoms with E-state index in [2.05, 4.69) is 37.9 Å². The Labute approximate surface area is 74.8 Å². The zero-order valence-corrected chi connectivity index (χ0v) is 8.12. The first-order chi connectivity index (χ1) is 5.70. The predicted octanol–water partition coefficient (Wildman–Crippen LogP) is 3.23. The van der Waals surface area contributed by atoms with Gasteiger partial charge in [-0.2, -0.15) is 0 Å². The van der Waals surface area contributed by atoms with Crippen LogP contribution in [0.3, 0.4) is 0 Å². The van der Waals surface area contributed by atoms with E-state index in [1.54, 1.807) is 0 Å². The van der Waals surface area contributed by atoms with Crippen molar-refractivity contribution >= 4 is 0 Å². The second-order valence-corrected chi connectivity index (χ2v) is 3.81. The Morgan fingerprint density at radius 1 is 1.17 bits per heavy atom. The molecule has 0 fully saturated rings. The monoisotopic (exact) mass is 163 g/mol. The van der Waals surface area contributed by atoms with Crippen LogP contribution in [0.2, 0.25) is 0 Å². The fourth-order valence-corrected chi connectivity index (χ4v) is 1.54. The van der Waals surface area contributed by atoms with Gasteiger partial charge in [0.25, 0.3) is 0 Å². The van der Waals surface area contributed by atoms with E-state index in [1.807, 2.05) is 12.4 Å². The molecule has 0 spiro atoms. The molecule has 0 N–H and O–H groups in total. The first kappa shape index (κ1) is 9.24. The summed E-state index contributed by atoms with van der Waals surface area (Å²) < 4.78 is 0. The number of pyridine rings is 1. The van der Waals surface area contributed by atoms with Crippen LogP contribution in [-0.4, -0.2) is 4.98 Å². The minimum absolute atomic E-state index is 0.660. The van der Waals surface area contributed by atoms with E-state index >= 15 is 0 Å². The fraction of sp³-hybridized carbons (Fsp3) is 0.545. The van der Waals surface area contributed by atoms with Gasteiger partial charge in [-0.15, -0.1) is 0 Å². The topological polar surface area (TPSA) is 12.9 Å². The molecule has 0 aromatic carbocycles. The second kappa shape index (κ2) is 4.24. The Hall–Kier alpha value is -0.850. The lowest BCUT2D eigenvalue weighted by Gasteiger charge is -2.13. The standard InChI is InChI=1S/C11H17N/c1-9(2)8-10(3)11-4-6-12-7-5-11/h4-7,9-10H,8H2,1-3H3/t10-/m0/s1. The molecule has 0 saturated carbocycles. The minimum atomic E-state index is 0.660. The summed E-state index contributed by atoms with van der Waals surface area (Å²) in [4.78, 5) is 4.01. The molecule has 0 amide bonds. The molecule has 1 aromatic heterocycles. The van der Waals surface area contributed by atoms with Gasteiger partial charge in [-0.05, 0) is 36.0 Å². The van der Waals surface area contributed by atoms with Gasteiger partial charge in [0.1, 0.15) is 0 Å². The molecule has 1 heterocycles. The van der Waals surface area contributed by atoms with Crippen LogP contribution in [0.4, 0.5) is 0 Å². The molecule has 1 rings (SSSR count). The lowest BCUT2D eigenvalue weighted by atomic mass is 9.93. The maximum absolute atomic E-state index is 4.01. The van der Waals surface area contributed by atoms with Crippen molar-refractivity contribution in [2.75, 3.05) is 0 Å². The highest BCUT2D eigenvalue weighted by molar-refractivity contribution is 5.14. The van der Waals surface area contributed by atoms with Crippen LogP contribution in [0.25, 0.3) is 0 Å². The van der Waals surface area contributed by atoms with E-state index in [0.29, 0.717) is 5.92 Å². The molecule has 1 aromatic rings. The SMILES string of the molecule is CC(C)C[C@H](C)c1ccncc1. The average molecular weight is 163 g/mol. The fourth-order valence-electron chi connectivity index (χ4n) is 1.54. The van der Waals surface area contributed by atoms with E-state index in [1.165, 1.54) is 12.0 Å². The molecule has 0 saturated heterocycles. The van der Waals surface area contributed by atoms with E-state index in [-0.39, 0.29) is 0 Å². The van der Waals surface area contributed by atoms with Gasteiger partial charge in [-0.25, -0.2) is 0 Å². The van der Waals surface area contributed by atoms with Crippen LogP contribution < -0.4 is 0 Å². The van der Waals surface area contributed by atoms with E-state index in [4.69, 9.17) is 0 Å².